The zero-order chi connectivity index (χ0) is 17.9. The van der Waals surface area contributed by atoms with E-state index in [9.17, 15) is 4.39 Å². The first-order chi connectivity index (χ1) is 12.2. The van der Waals surface area contributed by atoms with Crippen molar-refractivity contribution in [1.82, 2.24) is 5.32 Å². The lowest BCUT2D eigenvalue weighted by atomic mass is 10.1. The van der Waals surface area contributed by atoms with Crippen LogP contribution in [-0.2, 0) is 13.2 Å². The molecule has 0 aromatic heterocycles. The Hall–Kier alpha value is -2.07. The topological polar surface area (TPSA) is 30.5 Å². The van der Waals surface area contributed by atoms with Gasteiger partial charge in [-0.05, 0) is 36.7 Å². The van der Waals surface area contributed by atoms with Crippen LogP contribution < -0.4 is 14.8 Å². The van der Waals surface area contributed by atoms with Gasteiger partial charge in [0.15, 0.2) is 11.5 Å². The first-order valence-corrected chi connectivity index (χ1v) is 8.98. The number of unbranched alkanes of at least 4 members (excludes halogenated alkanes) is 3. The van der Waals surface area contributed by atoms with Gasteiger partial charge in [-0.1, -0.05) is 50.5 Å². The van der Waals surface area contributed by atoms with Gasteiger partial charge in [0.2, 0.25) is 0 Å². The van der Waals surface area contributed by atoms with Crippen LogP contribution in [0.3, 0.4) is 0 Å². The van der Waals surface area contributed by atoms with Crippen LogP contribution in [0.2, 0.25) is 0 Å². The number of halogens is 1. The van der Waals surface area contributed by atoms with Crippen LogP contribution in [0.1, 0.15) is 43.7 Å². The summed E-state index contributed by atoms with van der Waals surface area (Å²) in [7, 11) is 1.64. The summed E-state index contributed by atoms with van der Waals surface area (Å²) >= 11 is 0. The summed E-state index contributed by atoms with van der Waals surface area (Å²) in [6.07, 6.45) is 4.98. The number of benzene rings is 2. The molecule has 0 aliphatic rings. The predicted octanol–water partition coefficient (Wildman–Crippen LogP) is 5.08. The summed E-state index contributed by atoms with van der Waals surface area (Å²) in [5.74, 6) is 1.22. The van der Waals surface area contributed by atoms with E-state index >= 15 is 0 Å². The van der Waals surface area contributed by atoms with Gasteiger partial charge in [-0.25, -0.2) is 4.39 Å². The maximum Gasteiger partial charge on any atom is 0.166 e. The van der Waals surface area contributed by atoms with Crippen LogP contribution in [0.25, 0.3) is 0 Å². The van der Waals surface area contributed by atoms with E-state index in [0.29, 0.717) is 12.4 Å². The molecule has 0 atom stereocenters. The summed E-state index contributed by atoms with van der Waals surface area (Å²) in [6.45, 7) is 4.33. The van der Waals surface area contributed by atoms with Crippen molar-refractivity contribution >= 4 is 0 Å². The molecule has 1 N–H and O–H groups in total. The first-order valence-electron chi connectivity index (χ1n) is 8.98. The quantitative estimate of drug-likeness (QED) is 0.576. The van der Waals surface area contributed by atoms with Crippen molar-refractivity contribution in [2.45, 2.75) is 45.8 Å². The number of nitrogens with one attached hydrogen (secondary N) is 1. The molecular weight excluding hydrogens is 317 g/mol. The highest BCUT2D eigenvalue weighted by Crippen LogP contribution is 2.31. The number of ether oxygens (including phenoxy) is 2. The SMILES string of the molecule is CCCCCCNCc1cccc(OC)c1OCc1ccc(F)cc1. The second-order valence-electron chi connectivity index (χ2n) is 6.10. The third kappa shape index (κ3) is 6.39. The fourth-order valence-electron chi connectivity index (χ4n) is 2.66. The second-order valence-corrected chi connectivity index (χ2v) is 6.10. The standard InChI is InChI=1S/C21H28FNO2/c1-3-4-5-6-14-23-15-18-8-7-9-20(24-2)21(18)25-16-17-10-12-19(22)13-11-17/h7-13,23H,3-6,14-16H2,1-2H3. The number of hydrogen-bond acceptors (Lipinski definition) is 3. The van der Waals surface area contributed by atoms with Gasteiger partial charge in [0.05, 0.1) is 7.11 Å². The Bertz CT molecular complexity index is 628. The van der Waals surface area contributed by atoms with Crippen LogP contribution in [0.5, 0.6) is 11.5 Å². The smallest absolute Gasteiger partial charge is 0.166 e. The fraction of sp³-hybridized carbons (Fsp3) is 0.429. The summed E-state index contributed by atoms with van der Waals surface area (Å²) in [6, 6.07) is 12.3. The number of para-hydroxylation sites is 1. The molecule has 0 unspecified atom stereocenters. The fourth-order valence-corrected chi connectivity index (χ4v) is 2.66. The van der Waals surface area contributed by atoms with E-state index in [2.05, 4.69) is 12.2 Å². The van der Waals surface area contributed by atoms with E-state index in [1.165, 1.54) is 37.8 Å². The number of hydrogen-bond donors (Lipinski definition) is 1. The van der Waals surface area contributed by atoms with Crippen LogP contribution in [0.4, 0.5) is 4.39 Å². The van der Waals surface area contributed by atoms with Crippen LogP contribution in [0.15, 0.2) is 42.5 Å². The minimum absolute atomic E-state index is 0.242. The van der Waals surface area contributed by atoms with Gasteiger partial charge in [0.25, 0.3) is 0 Å². The molecule has 25 heavy (non-hydrogen) atoms. The van der Waals surface area contributed by atoms with Crippen LogP contribution in [-0.4, -0.2) is 13.7 Å². The van der Waals surface area contributed by atoms with Crippen molar-refractivity contribution < 1.29 is 13.9 Å². The zero-order valence-electron chi connectivity index (χ0n) is 15.2. The van der Waals surface area contributed by atoms with E-state index in [0.717, 1.165) is 30.0 Å². The molecule has 2 aromatic carbocycles. The lowest BCUT2D eigenvalue weighted by Gasteiger charge is -2.16. The highest BCUT2D eigenvalue weighted by atomic mass is 19.1. The summed E-state index contributed by atoms with van der Waals surface area (Å²) < 4.78 is 24.4. The molecule has 0 amide bonds. The Kier molecular flexibility index (Phi) is 8.26. The molecule has 0 saturated carbocycles. The van der Waals surface area contributed by atoms with Gasteiger partial charge >= 0.3 is 0 Å². The van der Waals surface area contributed by atoms with Gasteiger partial charge in [0.1, 0.15) is 12.4 Å². The summed E-state index contributed by atoms with van der Waals surface area (Å²) in [5.41, 5.74) is 1.99. The lowest BCUT2D eigenvalue weighted by Crippen LogP contribution is -2.15. The molecule has 0 aliphatic heterocycles. The maximum atomic E-state index is 13.0. The first kappa shape index (κ1) is 19.3. The van der Waals surface area contributed by atoms with Gasteiger partial charge in [-0.3, -0.25) is 0 Å². The van der Waals surface area contributed by atoms with E-state index in [1.807, 2.05) is 18.2 Å². The highest BCUT2D eigenvalue weighted by molar-refractivity contribution is 5.46. The summed E-state index contributed by atoms with van der Waals surface area (Å²) in [4.78, 5) is 0. The van der Waals surface area contributed by atoms with E-state index in [4.69, 9.17) is 9.47 Å². The number of methoxy groups -OCH3 is 1. The lowest BCUT2D eigenvalue weighted by molar-refractivity contribution is 0.280. The van der Waals surface area contributed by atoms with Crippen molar-refractivity contribution in [2.75, 3.05) is 13.7 Å². The third-order valence-electron chi connectivity index (χ3n) is 4.10. The molecule has 0 aliphatic carbocycles. The normalized spacial score (nSPS) is 10.7. The molecule has 0 saturated heterocycles. The average Bonchev–Trinajstić information content (AvgIpc) is 2.64. The van der Waals surface area contributed by atoms with Gasteiger partial charge < -0.3 is 14.8 Å². The molecule has 0 radical (unpaired) electrons. The Morgan fingerprint density at radius 1 is 1.00 bits per heavy atom. The minimum atomic E-state index is -0.242. The molecule has 3 nitrogen and oxygen atoms in total. The highest BCUT2D eigenvalue weighted by Gasteiger charge is 2.10. The molecule has 2 aromatic rings. The Labute approximate surface area is 150 Å². The van der Waals surface area contributed by atoms with Crippen molar-refractivity contribution in [3.8, 4) is 11.5 Å². The van der Waals surface area contributed by atoms with Crippen molar-refractivity contribution in [3.63, 3.8) is 0 Å². The molecular formula is C21H28FNO2. The summed E-state index contributed by atoms with van der Waals surface area (Å²) in [5, 5.41) is 3.47. The van der Waals surface area contributed by atoms with Gasteiger partial charge in [0, 0.05) is 12.1 Å². The molecule has 2 rings (SSSR count). The van der Waals surface area contributed by atoms with Crippen LogP contribution >= 0.6 is 0 Å². The molecule has 4 heteroatoms. The monoisotopic (exact) mass is 345 g/mol. The van der Waals surface area contributed by atoms with Gasteiger partial charge in [-0.15, -0.1) is 0 Å². The largest absolute Gasteiger partial charge is 0.493 e. The minimum Gasteiger partial charge on any atom is -0.493 e. The van der Waals surface area contributed by atoms with Gasteiger partial charge in [-0.2, -0.15) is 0 Å². The molecule has 0 spiro atoms. The Morgan fingerprint density at radius 3 is 2.52 bits per heavy atom. The molecule has 0 fully saturated rings. The molecule has 0 heterocycles. The predicted molar refractivity (Wildman–Crippen MR) is 99.6 cm³/mol. The van der Waals surface area contributed by atoms with E-state index < -0.39 is 0 Å². The molecule has 0 bridgehead atoms. The maximum absolute atomic E-state index is 13.0. The van der Waals surface area contributed by atoms with E-state index in [1.54, 1.807) is 19.2 Å². The Morgan fingerprint density at radius 2 is 1.80 bits per heavy atom. The Balaban J connectivity index is 1.96. The second kappa shape index (κ2) is 10.7. The average molecular weight is 345 g/mol. The number of rotatable bonds is 11. The van der Waals surface area contributed by atoms with Crippen LogP contribution in [0, 0.1) is 5.82 Å². The van der Waals surface area contributed by atoms with E-state index in [-0.39, 0.29) is 5.82 Å². The van der Waals surface area contributed by atoms with Crippen molar-refractivity contribution in [3.05, 3.63) is 59.4 Å². The zero-order valence-corrected chi connectivity index (χ0v) is 15.2. The third-order valence-corrected chi connectivity index (χ3v) is 4.10. The van der Waals surface area contributed by atoms with Crippen molar-refractivity contribution in [2.24, 2.45) is 0 Å². The molecule has 136 valence electrons. The van der Waals surface area contributed by atoms with Crippen molar-refractivity contribution in [1.29, 1.82) is 0 Å².